The van der Waals surface area contributed by atoms with Crippen LogP contribution in [0.4, 0.5) is 5.82 Å². The number of aryl methyl sites for hydroxylation is 2. The van der Waals surface area contributed by atoms with E-state index < -0.39 is 0 Å². The minimum atomic E-state index is -0.155. The number of benzene rings is 1. The van der Waals surface area contributed by atoms with Crippen LogP contribution in [0.15, 0.2) is 30.3 Å². The van der Waals surface area contributed by atoms with Gasteiger partial charge in [0, 0.05) is 31.6 Å². The summed E-state index contributed by atoms with van der Waals surface area (Å²) >= 11 is 0. The molecule has 0 unspecified atom stereocenters. The molecule has 1 fully saturated rings. The van der Waals surface area contributed by atoms with E-state index in [1.165, 1.54) is 5.56 Å². The molecule has 0 spiro atoms. The molecule has 134 valence electrons. The van der Waals surface area contributed by atoms with E-state index in [9.17, 15) is 9.59 Å². The number of piperazine rings is 1. The lowest BCUT2D eigenvalue weighted by atomic mass is 10.0. The number of nitrogens with one attached hydrogen (secondary N) is 2. The van der Waals surface area contributed by atoms with E-state index in [1.54, 1.807) is 0 Å². The van der Waals surface area contributed by atoms with Crippen molar-refractivity contribution in [2.75, 3.05) is 31.1 Å². The molecule has 2 amide bonds. The number of carbonyl (C=O) groups is 2. The maximum atomic E-state index is 12.3. The van der Waals surface area contributed by atoms with Gasteiger partial charge in [-0.1, -0.05) is 30.3 Å². The van der Waals surface area contributed by atoms with E-state index in [4.69, 9.17) is 4.98 Å². The first kappa shape index (κ1) is 16.5. The number of anilines is 1. The van der Waals surface area contributed by atoms with E-state index in [0.717, 1.165) is 17.8 Å². The highest BCUT2D eigenvalue weighted by Gasteiger charge is 2.28. The number of aromatic nitrogens is 2. The molecule has 1 saturated heterocycles. The lowest BCUT2D eigenvalue weighted by Gasteiger charge is -2.31. The van der Waals surface area contributed by atoms with Gasteiger partial charge in [0.05, 0.1) is 6.54 Å². The van der Waals surface area contributed by atoms with Crippen molar-refractivity contribution in [1.29, 1.82) is 0 Å². The molecule has 2 aliphatic heterocycles. The summed E-state index contributed by atoms with van der Waals surface area (Å²) in [5.41, 5.74) is 2.51. The molecule has 7 nitrogen and oxygen atoms in total. The normalized spacial score (nSPS) is 16.7. The molecule has 0 aliphatic carbocycles. The van der Waals surface area contributed by atoms with Gasteiger partial charge >= 0.3 is 0 Å². The summed E-state index contributed by atoms with van der Waals surface area (Å²) < 4.78 is 0. The Bertz CT molecular complexity index is 837. The summed E-state index contributed by atoms with van der Waals surface area (Å²) in [7, 11) is 0. The maximum Gasteiger partial charge on any atom is 0.270 e. The highest BCUT2D eigenvalue weighted by atomic mass is 16.2. The predicted molar refractivity (Wildman–Crippen MR) is 97.1 cm³/mol. The fraction of sp³-hybridized carbons (Fsp3) is 0.368. The van der Waals surface area contributed by atoms with E-state index in [0.29, 0.717) is 44.0 Å². The van der Waals surface area contributed by atoms with Crippen LogP contribution in [0, 0.1) is 0 Å². The number of fused-ring (bicyclic) bond motifs is 1. The summed E-state index contributed by atoms with van der Waals surface area (Å²) in [6.45, 7) is 2.12. The molecule has 0 atom stereocenters. The van der Waals surface area contributed by atoms with Crippen LogP contribution >= 0.6 is 0 Å². The zero-order chi connectivity index (χ0) is 17.9. The SMILES string of the molecule is O=C1CN(c2nc(CCc3ccccc3)nc3c2CCNC3=O)CCN1. The van der Waals surface area contributed by atoms with Crippen molar-refractivity contribution in [3.8, 4) is 0 Å². The molecule has 0 radical (unpaired) electrons. The van der Waals surface area contributed by atoms with Gasteiger partial charge in [-0.25, -0.2) is 9.97 Å². The quantitative estimate of drug-likeness (QED) is 0.837. The van der Waals surface area contributed by atoms with E-state index in [2.05, 4.69) is 27.8 Å². The largest absolute Gasteiger partial charge is 0.353 e. The Morgan fingerprint density at radius 2 is 1.85 bits per heavy atom. The number of hydrogen-bond donors (Lipinski definition) is 2. The number of amides is 2. The van der Waals surface area contributed by atoms with Crippen LogP contribution in [0.2, 0.25) is 0 Å². The Hall–Kier alpha value is -2.96. The summed E-state index contributed by atoms with van der Waals surface area (Å²) in [5, 5.41) is 5.68. The van der Waals surface area contributed by atoms with Gasteiger partial charge in [0.15, 0.2) is 0 Å². The third kappa shape index (κ3) is 3.37. The van der Waals surface area contributed by atoms with E-state index >= 15 is 0 Å². The van der Waals surface area contributed by atoms with Crippen molar-refractivity contribution in [2.45, 2.75) is 19.3 Å². The van der Waals surface area contributed by atoms with E-state index in [-0.39, 0.29) is 18.4 Å². The third-order valence-electron chi connectivity index (χ3n) is 4.73. The van der Waals surface area contributed by atoms with Crippen molar-refractivity contribution < 1.29 is 9.59 Å². The summed E-state index contributed by atoms with van der Waals surface area (Å²) in [6.07, 6.45) is 2.15. The highest BCUT2D eigenvalue weighted by molar-refractivity contribution is 5.96. The Kier molecular flexibility index (Phi) is 4.51. The zero-order valence-electron chi connectivity index (χ0n) is 14.5. The monoisotopic (exact) mass is 351 g/mol. The van der Waals surface area contributed by atoms with Crippen LogP contribution in [0.3, 0.4) is 0 Å². The molecule has 2 aliphatic rings. The second-order valence-electron chi connectivity index (χ2n) is 6.55. The first-order chi connectivity index (χ1) is 12.7. The van der Waals surface area contributed by atoms with Gasteiger partial charge in [-0.15, -0.1) is 0 Å². The minimum Gasteiger partial charge on any atom is -0.353 e. The summed E-state index contributed by atoms with van der Waals surface area (Å²) in [6, 6.07) is 10.1. The average Bonchev–Trinajstić information content (AvgIpc) is 2.67. The van der Waals surface area contributed by atoms with Crippen molar-refractivity contribution in [1.82, 2.24) is 20.6 Å². The number of carbonyl (C=O) groups excluding carboxylic acids is 2. The van der Waals surface area contributed by atoms with Crippen LogP contribution < -0.4 is 15.5 Å². The Morgan fingerprint density at radius 1 is 1.00 bits per heavy atom. The van der Waals surface area contributed by atoms with Crippen LogP contribution in [0.5, 0.6) is 0 Å². The molecule has 1 aromatic carbocycles. The van der Waals surface area contributed by atoms with Crippen LogP contribution in [0.25, 0.3) is 0 Å². The molecule has 0 saturated carbocycles. The molecule has 2 aromatic rings. The second kappa shape index (κ2) is 7.11. The fourth-order valence-electron chi connectivity index (χ4n) is 3.41. The minimum absolute atomic E-state index is 0.0188. The van der Waals surface area contributed by atoms with Gasteiger partial charge in [0.1, 0.15) is 17.3 Å². The molecule has 0 bridgehead atoms. The van der Waals surface area contributed by atoms with Crippen molar-refractivity contribution in [3.05, 3.63) is 53.0 Å². The Balaban J connectivity index is 1.66. The molecule has 4 rings (SSSR count). The maximum absolute atomic E-state index is 12.3. The number of rotatable bonds is 4. The van der Waals surface area contributed by atoms with Crippen LogP contribution in [-0.4, -0.2) is 48.0 Å². The molecular formula is C19H21N5O2. The molecule has 7 heteroatoms. The fourth-order valence-corrected chi connectivity index (χ4v) is 3.41. The number of nitrogens with zero attached hydrogens (tertiary/aromatic N) is 3. The summed E-state index contributed by atoms with van der Waals surface area (Å²) in [5.74, 6) is 1.21. The first-order valence-electron chi connectivity index (χ1n) is 8.94. The average molecular weight is 351 g/mol. The van der Waals surface area contributed by atoms with Gasteiger partial charge in [-0.05, 0) is 18.4 Å². The van der Waals surface area contributed by atoms with Gasteiger partial charge in [0.2, 0.25) is 5.91 Å². The number of hydrogen-bond acceptors (Lipinski definition) is 5. The first-order valence-corrected chi connectivity index (χ1v) is 8.94. The van der Waals surface area contributed by atoms with Crippen molar-refractivity contribution >= 4 is 17.6 Å². The van der Waals surface area contributed by atoms with Gasteiger partial charge in [-0.3, -0.25) is 9.59 Å². The lowest BCUT2D eigenvalue weighted by Crippen LogP contribution is -2.49. The van der Waals surface area contributed by atoms with Crippen molar-refractivity contribution in [2.24, 2.45) is 0 Å². The van der Waals surface area contributed by atoms with Crippen molar-refractivity contribution in [3.63, 3.8) is 0 Å². The van der Waals surface area contributed by atoms with Crippen LogP contribution in [-0.2, 0) is 24.1 Å². The smallest absolute Gasteiger partial charge is 0.270 e. The Morgan fingerprint density at radius 3 is 2.65 bits per heavy atom. The second-order valence-corrected chi connectivity index (χ2v) is 6.55. The summed E-state index contributed by atoms with van der Waals surface area (Å²) in [4.78, 5) is 35.4. The standard InChI is InChI=1S/C19H21N5O2/c25-16-12-24(11-10-20-16)18-14-8-9-21-19(26)17(14)22-15(23-18)7-6-13-4-2-1-3-5-13/h1-5H,6-12H2,(H,20,25)(H,21,26). The third-order valence-corrected chi connectivity index (χ3v) is 4.73. The molecular weight excluding hydrogens is 330 g/mol. The molecule has 1 aromatic heterocycles. The van der Waals surface area contributed by atoms with Gasteiger partial charge < -0.3 is 15.5 Å². The highest BCUT2D eigenvalue weighted by Crippen LogP contribution is 2.25. The van der Waals surface area contributed by atoms with Gasteiger partial charge in [-0.2, -0.15) is 0 Å². The zero-order valence-corrected chi connectivity index (χ0v) is 14.5. The van der Waals surface area contributed by atoms with Crippen LogP contribution in [0.1, 0.15) is 27.4 Å². The van der Waals surface area contributed by atoms with E-state index in [1.807, 2.05) is 23.1 Å². The molecule has 26 heavy (non-hydrogen) atoms. The lowest BCUT2D eigenvalue weighted by molar-refractivity contribution is -0.120. The molecule has 3 heterocycles. The Labute approximate surface area is 151 Å². The topological polar surface area (TPSA) is 87.2 Å². The van der Waals surface area contributed by atoms with Gasteiger partial charge in [0.25, 0.3) is 5.91 Å². The molecule has 2 N–H and O–H groups in total. The predicted octanol–water partition coefficient (Wildman–Crippen LogP) is 0.484.